The minimum atomic E-state index is 0.547. The van der Waals surface area contributed by atoms with Gasteiger partial charge in [-0.3, -0.25) is 0 Å². The summed E-state index contributed by atoms with van der Waals surface area (Å²) in [6.07, 6.45) is 15.8. The fourth-order valence-corrected chi connectivity index (χ4v) is 9.58. The summed E-state index contributed by atoms with van der Waals surface area (Å²) in [4.78, 5) is 0. The monoisotopic (exact) mass is 608 g/mol. The Morgan fingerprint density at radius 2 is 1.52 bits per heavy atom. The molecule has 0 heteroatoms. The molecule has 3 aromatic rings. The van der Waals surface area contributed by atoms with Gasteiger partial charge in [-0.1, -0.05) is 100 Å². The maximum absolute atomic E-state index is 4.30. The zero-order valence-corrected chi connectivity index (χ0v) is 29.7. The second-order valence-corrected chi connectivity index (χ2v) is 16.5. The number of aryl methyl sites for hydroxylation is 2. The van der Waals surface area contributed by atoms with Crippen molar-refractivity contribution in [3.05, 3.63) is 111 Å². The number of rotatable bonds is 8. The van der Waals surface area contributed by atoms with Crippen molar-refractivity contribution in [2.45, 2.75) is 106 Å². The van der Waals surface area contributed by atoms with Gasteiger partial charge in [-0.05, 0) is 175 Å². The first kappa shape index (κ1) is 31.5. The Labute approximate surface area is 280 Å². The topological polar surface area (TPSA) is 0 Å². The first-order valence-electron chi connectivity index (χ1n) is 18.5. The third-order valence-corrected chi connectivity index (χ3v) is 12.5. The summed E-state index contributed by atoms with van der Waals surface area (Å²) in [5, 5.41) is 0. The molecule has 1 atom stereocenters. The van der Waals surface area contributed by atoms with Crippen LogP contribution in [0.1, 0.15) is 124 Å². The Morgan fingerprint density at radius 1 is 0.826 bits per heavy atom. The summed E-state index contributed by atoms with van der Waals surface area (Å²) < 4.78 is 0. The second kappa shape index (κ2) is 12.5. The molecule has 0 spiro atoms. The Kier molecular flexibility index (Phi) is 8.54. The van der Waals surface area contributed by atoms with E-state index in [1.54, 1.807) is 16.7 Å². The summed E-state index contributed by atoms with van der Waals surface area (Å²) >= 11 is 0. The Hall–Kier alpha value is -3.12. The van der Waals surface area contributed by atoms with Crippen LogP contribution in [0.25, 0.3) is 28.3 Å². The van der Waals surface area contributed by atoms with Gasteiger partial charge in [0, 0.05) is 5.92 Å². The van der Waals surface area contributed by atoms with Crippen LogP contribution >= 0.6 is 0 Å². The normalized spacial score (nSPS) is 25.3. The molecule has 2 saturated carbocycles. The molecule has 0 radical (unpaired) electrons. The van der Waals surface area contributed by atoms with E-state index in [9.17, 15) is 0 Å². The highest BCUT2D eigenvalue weighted by Gasteiger charge is 2.39. The van der Waals surface area contributed by atoms with Crippen LogP contribution in [-0.4, -0.2) is 0 Å². The van der Waals surface area contributed by atoms with Crippen molar-refractivity contribution in [2.24, 2.45) is 35.5 Å². The van der Waals surface area contributed by atoms with Crippen molar-refractivity contribution >= 4 is 17.2 Å². The van der Waals surface area contributed by atoms with Gasteiger partial charge in [-0.15, -0.1) is 0 Å². The van der Waals surface area contributed by atoms with E-state index in [1.165, 1.54) is 94.2 Å². The highest BCUT2D eigenvalue weighted by molar-refractivity contribution is 5.94. The second-order valence-electron chi connectivity index (χ2n) is 16.5. The van der Waals surface area contributed by atoms with Crippen LogP contribution in [0.5, 0.6) is 0 Å². The van der Waals surface area contributed by atoms with Crippen molar-refractivity contribution in [1.29, 1.82) is 0 Å². The molecule has 46 heavy (non-hydrogen) atoms. The third kappa shape index (κ3) is 5.80. The summed E-state index contributed by atoms with van der Waals surface area (Å²) in [6, 6.07) is 19.1. The molecular weight excluding hydrogens is 553 g/mol. The van der Waals surface area contributed by atoms with Gasteiger partial charge in [-0.2, -0.15) is 0 Å². The van der Waals surface area contributed by atoms with E-state index in [1.807, 2.05) is 0 Å². The minimum absolute atomic E-state index is 0.547. The van der Waals surface area contributed by atoms with E-state index in [2.05, 4.69) is 116 Å². The highest BCUT2D eigenvalue weighted by atomic mass is 14.4. The molecular formula is C46H56. The molecule has 0 saturated heterocycles. The van der Waals surface area contributed by atoms with E-state index in [-0.39, 0.29) is 0 Å². The quantitative estimate of drug-likeness (QED) is 0.223. The van der Waals surface area contributed by atoms with E-state index < -0.39 is 0 Å². The van der Waals surface area contributed by atoms with E-state index in [0.29, 0.717) is 11.8 Å². The van der Waals surface area contributed by atoms with Gasteiger partial charge in [0.25, 0.3) is 0 Å². The SMILES string of the molecule is C=C(C)Cc1c(C)cc2c(c1-c1ccc(C)cc1)CC(c1ccc3c(c1)C(C1CCC(C4CC(C(C)C)C4)CC1)=CC3C(C)C)=C2. The van der Waals surface area contributed by atoms with Crippen LogP contribution in [-0.2, 0) is 12.8 Å². The molecule has 2 fully saturated rings. The smallest absolute Gasteiger partial charge is 0.00531 e. The van der Waals surface area contributed by atoms with Gasteiger partial charge in [-0.25, -0.2) is 0 Å². The van der Waals surface area contributed by atoms with Crippen molar-refractivity contribution in [2.75, 3.05) is 0 Å². The van der Waals surface area contributed by atoms with Crippen LogP contribution < -0.4 is 0 Å². The largest absolute Gasteiger partial charge is 0.0998 e. The van der Waals surface area contributed by atoms with Gasteiger partial charge < -0.3 is 0 Å². The fraction of sp³-hybridized carbons (Fsp3) is 0.478. The lowest BCUT2D eigenvalue weighted by atomic mass is 9.60. The van der Waals surface area contributed by atoms with Crippen LogP contribution in [0.15, 0.2) is 66.8 Å². The molecule has 4 aliphatic carbocycles. The van der Waals surface area contributed by atoms with Crippen LogP contribution in [0.2, 0.25) is 0 Å². The van der Waals surface area contributed by atoms with Gasteiger partial charge in [0.1, 0.15) is 0 Å². The van der Waals surface area contributed by atoms with Crippen molar-refractivity contribution in [3.63, 3.8) is 0 Å². The lowest BCUT2D eigenvalue weighted by Crippen LogP contribution is -2.34. The number of hydrogen-bond acceptors (Lipinski definition) is 0. The van der Waals surface area contributed by atoms with Gasteiger partial charge in [0.2, 0.25) is 0 Å². The minimum Gasteiger partial charge on any atom is -0.0998 e. The number of hydrogen-bond donors (Lipinski definition) is 0. The first-order valence-corrected chi connectivity index (χ1v) is 18.5. The zero-order chi connectivity index (χ0) is 32.3. The lowest BCUT2D eigenvalue weighted by Gasteiger charge is -2.45. The van der Waals surface area contributed by atoms with Crippen molar-refractivity contribution in [1.82, 2.24) is 0 Å². The molecule has 4 aliphatic rings. The fourth-order valence-electron chi connectivity index (χ4n) is 9.58. The summed E-state index contributed by atoms with van der Waals surface area (Å²) in [5.74, 6) is 5.74. The summed E-state index contributed by atoms with van der Waals surface area (Å²) in [5.41, 5.74) is 18.7. The predicted octanol–water partition coefficient (Wildman–Crippen LogP) is 12.8. The number of fused-ring (bicyclic) bond motifs is 2. The maximum Gasteiger partial charge on any atom is 0.00531 e. The highest BCUT2D eigenvalue weighted by Crippen LogP contribution is 2.52. The molecule has 240 valence electrons. The average molecular weight is 609 g/mol. The van der Waals surface area contributed by atoms with Crippen molar-refractivity contribution < 1.29 is 0 Å². The van der Waals surface area contributed by atoms with E-state index in [4.69, 9.17) is 0 Å². The van der Waals surface area contributed by atoms with Gasteiger partial charge >= 0.3 is 0 Å². The van der Waals surface area contributed by atoms with Crippen LogP contribution in [0, 0.1) is 49.4 Å². The summed E-state index contributed by atoms with van der Waals surface area (Å²) in [6.45, 7) is 20.6. The number of allylic oxidation sites excluding steroid dienone is 4. The summed E-state index contributed by atoms with van der Waals surface area (Å²) in [7, 11) is 0. The van der Waals surface area contributed by atoms with Crippen molar-refractivity contribution in [3.8, 4) is 11.1 Å². The molecule has 0 amide bonds. The predicted molar refractivity (Wildman–Crippen MR) is 200 cm³/mol. The molecule has 7 rings (SSSR count). The molecule has 1 unspecified atom stereocenters. The number of benzene rings is 3. The molecule has 0 bridgehead atoms. The Bertz CT molecular complexity index is 1690. The zero-order valence-electron chi connectivity index (χ0n) is 29.7. The lowest BCUT2D eigenvalue weighted by molar-refractivity contribution is 0.0646. The Balaban J connectivity index is 1.17. The molecule has 0 heterocycles. The molecule has 0 nitrogen and oxygen atoms in total. The maximum atomic E-state index is 4.30. The van der Waals surface area contributed by atoms with E-state index >= 15 is 0 Å². The van der Waals surface area contributed by atoms with E-state index in [0.717, 1.165) is 42.4 Å². The first-order chi connectivity index (χ1) is 22.1. The van der Waals surface area contributed by atoms with Gasteiger partial charge in [0.15, 0.2) is 0 Å². The molecule has 0 aliphatic heterocycles. The third-order valence-electron chi connectivity index (χ3n) is 12.5. The standard InChI is InChI=1S/C46H56/c1-27(2)19-42-31(8)20-39-23-38(25-44(39)46(42)34-11-9-30(7)10-12-34)35-17-18-40-41(29(5)6)26-43(45(40)24-35)33-15-13-32(14-16-33)37-21-36(22-37)28(3)4/h9-12,17-18,20,23-24,26,28-29,32-33,36-37,41H,1,13-16,19,21-22,25H2,2-8H3. The molecule has 0 aromatic heterocycles. The van der Waals surface area contributed by atoms with Crippen LogP contribution in [0.4, 0.5) is 0 Å². The Morgan fingerprint density at radius 3 is 2.17 bits per heavy atom. The van der Waals surface area contributed by atoms with Gasteiger partial charge in [0.05, 0.1) is 0 Å². The average Bonchev–Trinajstić information content (AvgIpc) is 3.59. The molecule has 3 aromatic carbocycles. The molecule has 0 N–H and O–H groups in total. The van der Waals surface area contributed by atoms with Crippen LogP contribution in [0.3, 0.4) is 0 Å².